The van der Waals surface area contributed by atoms with Crippen LogP contribution in [0, 0.1) is 12.7 Å². The van der Waals surface area contributed by atoms with Crippen molar-refractivity contribution < 1.29 is 13.6 Å². The van der Waals surface area contributed by atoms with E-state index in [0.29, 0.717) is 35.7 Å². The van der Waals surface area contributed by atoms with Crippen LogP contribution in [0.5, 0.6) is 0 Å². The molecule has 134 valence electrons. The first-order valence-corrected chi connectivity index (χ1v) is 8.31. The highest BCUT2D eigenvalue weighted by molar-refractivity contribution is 5.89. The summed E-state index contributed by atoms with van der Waals surface area (Å²) in [5, 5.41) is 2.67. The summed E-state index contributed by atoms with van der Waals surface area (Å²) < 4.78 is 28.4. The van der Waals surface area contributed by atoms with E-state index >= 15 is 0 Å². The van der Waals surface area contributed by atoms with Crippen LogP contribution in [0.4, 0.5) is 19.4 Å². The predicted molar refractivity (Wildman–Crippen MR) is 93.2 cm³/mol. The minimum Gasteiger partial charge on any atom is -0.321 e. The van der Waals surface area contributed by atoms with Gasteiger partial charge in [0.15, 0.2) is 0 Å². The monoisotopic (exact) mass is 357 g/mol. The van der Waals surface area contributed by atoms with Gasteiger partial charge in [0.2, 0.25) is 0 Å². The molecule has 2 amide bonds. The molecule has 4 rings (SSSR count). The summed E-state index contributed by atoms with van der Waals surface area (Å²) in [7, 11) is 0. The number of likely N-dealkylation sites (tertiary alicyclic amines) is 1. The van der Waals surface area contributed by atoms with Crippen molar-refractivity contribution in [2.75, 3.05) is 18.4 Å². The third-order valence-electron chi connectivity index (χ3n) is 4.45. The van der Waals surface area contributed by atoms with Crippen molar-refractivity contribution in [3.05, 3.63) is 48.2 Å². The molecule has 3 aromatic rings. The van der Waals surface area contributed by atoms with E-state index in [1.807, 2.05) is 0 Å². The molecule has 1 N–H and O–H groups in total. The number of aromatic nitrogens is 3. The lowest BCUT2D eigenvalue weighted by atomic mass is 10.1. The van der Waals surface area contributed by atoms with Gasteiger partial charge in [-0.25, -0.2) is 23.5 Å². The number of fused-ring (bicyclic) bond motifs is 1. The van der Waals surface area contributed by atoms with E-state index < -0.39 is 6.17 Å². The third kappa shape index (κ3) is 3.10. The Morgan fingerprint density at radius 1 is 1.35 bits per heavy atom. The largest absolute Gasteiger partial charge is 0.323 e. The fourth-order valence-electron chi connectivity index (χ4n) is 2.99. The van der Waals surface area contributed by atoms with Crippen LogP contribution in [-0.4, -0.2) is 44.6 Å². The number of benzene rings is 1. The lowest BCUT2D eigenvalue weighted by Crippen LogP contribution is -2.33. The minimum absolute atomic E-state index is 0.103. The van der Waals surface area contributed by atoms with Gasteiger partial charge >= 0.3 is 6.03 Å². The molecular weight excluding hydrogens is 340 g/mol. The molecular formula is C18H17F2N5O. The lowest BCUT2D eigenvalue weighted by Gasteiger charge is -2.15. The molecule has 26 heavy (non-hydrogen) atoms. The van der Waals surface area contributed by atoms with E-state index in [2.05, 4.69) is 15.3 Å². The summed E-state index contributed by atoms with van der Waals surface area (Å²) in [6, 6.07) is 6.07. The Kier molecular flexibility index (Phi) is 4.02. The normalized spacial score (nSPS) is 17.0. The van der Waals surface area contributed by atoms with Crippen molar-refractivity contribution in [2.24, 2.45) is 0 Å². The Morgan fingerprint density at radius 2 is 2.19 bits per heavy atom. The highest BCUT2D eigenvalue weighted by atomic mass is 19.1. The van der Waals surface area contributed by atoms with Crippen molar-refractivity contribution in [2.45, 2.75) is 19.5 Å². The number of aryl methyl sites for hydroxylation is 1. The quantitative estimate of drug-likeness (QED) is 0.764. The van der Waals surface area contributed by atoms with Gasteiger partial charge in [-0.1, -0.05) is 0 Å². The van der Waals surface area contributed by atoms with Crippen molar-refractivity contribution in [1.82, 2.24) is 19.3 Å². The van der Waals surface area contributed by atoms with E-state index in [1.165, 1.54) is 11.0 Å². The van der Waals surface area contributed by atoms with Crippen LogP contribution in [0.1, 0.15) is 12.0 Å². The molecule has 0 aliphatic carbocycles. The third-order valence-corrected chi connectivity index (χ3v) is 4.45. The highest BCUT2D eigenvalue weighted by Gasteiger charge is 2.26. The lowest BCUT2D eigenvalue weighted by molar-refractivity contribution is 0.217. The maximum atomic E-state index is 13.4. The average molecular weight is 357 g/mol. The number of carbonyl (C=O) groups excluding carboxylic acids is 1. The SMILES string of the molecule is Cc1cc(-c2cn3cnc(NC(=O)N4CC[C@H](F)C4)cc3n2)ccc1F. The van der Waals surface area contributed by atoms with Crippen LogP contribution in [0.15, 0.2) is 36.8 Å². The first kappa shape index (κ1) is 16.4. The Morgan fingerprint density at radius 3 is 2.92 bits per heavy atom. The van der Waals surface area contributed by atoms with Gasteiger partial charge in [-0.3, -0.25) is 9.72 Å². The standard InChI is InChI=1S/C18H17F2N5O/c1-11-6-12(2-3-14(11)20)15-9-25-10-21-16(7-17(25)22-15)23-18(26)24-5-4-13(19)8-24/h2-3,6-7,9-10,13H,4-5,8H2,1H3,(H,23,26)/t13-/m0/s1. The maximum Gasteiger partial charge on any atom is 0.323 e. The second-order valence-electron chi connectivity index (χ2n) is 6.39. The number of imidazole rings is 1. The number of hydrogen-bond acceptors (Lipinski definition) is 3. The molecule has 1 fully saturated rings. The maximum absolute atomic E-state index is 13.4. The Hall–Kier alpha value is -3.03. The molecule has 1 aromatic carbocycles. The fraction of sp³-hybridized carbons (Fsp3) is 0.278. The van der Waals surface area contributed by atoms with E-state index in [1.54, 1.807) is 42.0 Å². The van der Waals surface area contributed by atoms with Crippen LogP contribution < -0.4 is 5.32 Å². The number of halogens is 2. The number of rotatable bonds is 2. The summed E-state index contributed by atoms with van der Waals surface area (Å²) in [5.41, 5.74) is 2.61. The van der Waals surface area contributed by atoms with E-state index in [-0.39, 0.29) is 18.4 Å². The van der Waals surface area contributed by atoms with Gasteiger partial charge < -0.3 is 4.90 Å². The van der Waals surface area contributed by atoms with Gasteiger partial charge in [0.1, 0.15) is 29.8 Å². The molecule has 1 saturated heterocycles. The van der Waals surface area contributed by atoms with E-state index in [4.69, 9.17) is 0 Å². The Balaban J connectivity index is 1.57. The second kappa shape index (κ2) is 6.36. The van der Waals surface area contributed by atoms with Gasteiger partial charge in [-0.15, -0.1) is 0 Å². The number of alkyl halides is 1. The molecule has 8 heteroatoms. The second-order valence-corrected chi connectivity index (χ2v) is 6.39. The molecule has 2 aromatic heterocycles. The average Bonchev–Trinajstić information content (AvgIpc) is 3.23. The van der Waals surface area contributed by atoms with Crippen LogP contribution in [0.2, 0.25) is 0 Å². The molecule has 0 unspecified atom stereocenters. The number of hydrogen-bond donors (Lipinski definition) is 1. The predicted octanol–water partition coefficient (Wildman–Crippen LogP) is 3.42. The van der Waals surface area contributed by atoms with Crippen LogP contribution in [0.25, 0.3) is 16.9 Å². The summed E-state index contributed by atoms with van der Waals surface area (Å²) >= 11 is 0. The molecule has 0 bridgehead atoms. The zero-order chi connectivity index (χ0) is 18.3. The van der Waals surface area contributed by atoms with Gasteiger partial charge in [-0.2, -0.15) is 0 Å². The van der Waals surface area contributed by atoms with Gasteiger partial charge in [0.25, 0.3) is 0 Å². The molecule has 0 saturated carbocycles. The zero-order valence-corrected chi connectivity index (χ0v) is 14.1. The van der Waals surface area contributed by atoms with Crippen molar-refractivity contribution in [3.63, 3.8) is 0 Å². The summed E-state index contributed by atoms with van der Waals surface area (Å²) in [6.45, 7) is 2.20. The number of nitrogens with one attached hydrogen (secondary N) is 1. The molecule has 3 heterocycles. The van der Waals surface area contributed by atoms with Crippen LogP contribution >= 0.6 is 0 Å². The number of carbonyl (C=O) groups is 1. The van der Waals surface area contributed by atoms with Gasteiger partial charge in [-0.05, 0) is 37.1 Å². The van der Waals surface area contributed by atoms with Gasteiger partial charge in [0.05, 0.1) is 12.2 Å². The topological polar surface area (TPSA) is 62.5 Å². The number of anilines is 1. The molecule has 0 spiro atoms. The highest BCUT2D eigenvalue weighted by Crippen LogP contribution is 2.22. The number of urea groups is 1. The first-order valence-electron chi connectivity index (χ1n) is 8.31. The van der Waals surface area contributed by atoms with Gasteiger partial charge in [0, 0.05) is 24.4 Å². The van der Waals surface area contributed by atoms with Crippen molar-refractivity contribution in [1.29, 1.82) is 0 Å². The Bertz CT molecular complexity index is 987. The molecule has 1 aliphatic rings. The summed E-state index contributed by atoms with van der Waals surface area (Å²) in [5.74, 6) is 0.0823. The molecule has 6 nitrogen and oxygen atoms in total. The first-order chi connectivity index (χ1) is 12.5. The molecule has 1 aliphatic heterocycles. The summed E-state index contributed by atoms with van der Waals surface area (Å²) in [6.07, 6.45) is 2.72. The smallest absolute Gasteiger partial charge is 0.321 e. The van der Waals surface area contributed by atoms with Crippen LogP contribution in [-0.2, 0) is 0 Å². The summed E-state index contributed by atoms with van der Waals surface area (Å²) in [4.78, 5) is 22.3. The Labute approximate surface area is 148 Å². The molecule has 1 atom stereocenters. The minimum atomic E-state index is -0.967. The number of nitrogens with zero attached hydrogens (tertiary/aromatic N) is 4. The van der Waals surface area contributed by atoms with E-state index in [0.717, 1.165) is 5.56 Å². The zero-order valence-electron chi connectivity index (χ0n) is 14.1. The van der Waals surface area contributed by atoms with E-state index in [9.17, 15) is 13.6 Å². The number of amides is 2. The van der Waals surface area contributed by atoms with Crippen molar-refractivity contribution >= 4 is 17.5 Å². The van der Waals surface area contributed by atoms with Crippen molar-refractivity contribution in [3.8, 4) is 11.3 Å². The van der Waals surface area contributed by atoms with Crippen LogP contribution in [0.3, 0.4) is 0 Å². The molecule has 0 radical (unpaired) electrons. The fourth-order valence-corrected chi connectivity index (χ4v) is 2.99.